The molecule has 0 saturated carbocycles. The van der Waals surface area contributed by atoms with E-state index in [0.29, 0.717) is 6.42 Å². The van der Waals surface area contributed by atoms with Crippen molar-refractivity contribution < 1.29 is 14.6 Å². The fourth-order valence-electron chi connectivity index (χ4n) is 1.20. The van der Waals surface area contributed by atoms with E-state index in [0.717, 1.165) is 18.1 Å². The fraction of sp³-hybridized carbons (Fsp3) is 0.917. The van der Waals surface area contributed by atoms with Gasteiger partial charge in [0.25, 0.3) is 0 Å². The highest BCUT2D eigenvalue weighted by atomic mass is 32.2. The van der Waals surface area contributed by atoms with Crippen LogP contribution in [0.1, 0.15) is 27.2 Å². The van der Waals surface area contributed by atoms with E-state index in [1.165, 1.54) is 0 Å². The Bertz CT molecular complexity index is 222. The van der Waals surface area contributed by atoms with Crippen molar-refractivity contribution in [3.63, 3.8) is 0 Å². The first kappa shape index (κ1) is 16.7. The van der Waals surface area contributed by atoms with Crippen molar-refractivity contribution in [2.45, 2.75) is 32.8 Å². The van der Waals surface area contributed by atoms with E-state index in [1.807, 2.05) is 27.8 Å². The van der Waals surface area contributed by atoms with Crippen LogP contribution < -0.4 is 5.32 Å². The lowest BCUT2D eigenvalue weighted by Gasteiger charge is -2.26. The fourth-order valence-corrected chi connectivity index (χ4v) is 2.20. The minimum absolute atomic E-state index is 0.0333. The number of rotatable bonds is 9. The molecule has 17 heavy (non-hydrogen) atoms. The molecular weight excluding hydrogens is 238 g/mol. The van der Waals surface area contributed by atoms with Crippen LogP contribution in [-0.4, -0.2) is 48.4 Å². The number of esters is 1. The summed E-state index contributed by atoms with van der Waals surface area (Å²) in [5, 5.41) is 11.9. The first-order chi connectivity index (χ1) is 7.93. The maximum Gasteiger partial charge on any atom is 0.310 e. The number of hydrogen-bond acceptors (Lipinski definition) is 5. The quantitative estimate of drug-likeness (QED) is 0.485. The molecule has 0 amide bonds. The third-order valence-corrected chi connectivity index (χ3v) is 3.59. The van der Waals surface area contributed by atoms with Gasteiger partial charge >= 0.3 is 5.97 Å². The lowest BCUT2D eigenvalue weighted by atomic mass is 10.1. The van der Waals surface area contributed by atoms with Gasteiger partial charge in [0.05, 0.1) is 5.92 Å². The van der Waals surface area contributed by atoms with Crippen LogP contribution in [0.3, 0.4) is 0 Å². The molecular formula is C12H25NO3S. The summed E-state index contributed by atoms with van der Waals surface area (Å²) in [5.41, 5.74) is -0.574. The van der Waals surface area contributed by atoms with Gasteiger partial charge in [-0.2, -0.15) is 11.8 Å². The third kappa shape index (κ3) is 8.46. The van der Waals surface area contributed by atoms with Gasteiger partial charge in [-0.3, -0.25) is 4.79 Å². The highest BCUT2D eigenvalue weighted by molar-refractivity contribution is 7.99. The van der Waals surface area contributed by atoms with Crippen molar-refractivity contribution >= 4 is 17.7 Å². The van der Waals surface area contributed by atoms with Gasteiger partial charge < -0.3 is 15.2 Å². The Morgan fingerprint density at radius 2 is 2.18 bits per heavy atom. The number of hydrogen-bond donors (Lipinski definition) is 2. The molecule has 5 heteroatoms. The summed E-state index contributed by atoms with van der Waals surface area (Å²) >= 11 is 1.74. The van der Waals surface area contributed by atoms with E-state index in [9.17, 15) is 4.79 Å². The number of nitrogens with one attached hydrogen (secondary N) is 1. The minimum atomic E-state index is -0.574. The summed E-state index contributed by atoms with van der Waals surface area (Å²) in [6, 6.07) is 0. The van der Waals surface area contributed by atoms with E-state index in [1.54, 1.807) is 11.8 Å². The van der Waals surface area contributed by atoms with E-state index < -0.39 is 5.60 Å². The average molecular weight is 263 g/mol. The van der Waals surface area contributed by atoms with Gasteiger partial charge in [0, 0.05) is 31.1 Å². The highest BCUT2D eigenvalue weighted by Gasteiger charge is 2.25. The molecule has 0 rings (SSSR count). The van der Waals surface area contributed by atoms with Crippen LogP contribution >= 0.6 is 11.8 Å². The second-order valence-corrected chi connectivity index (χ2v) is 5.88. The summed E-state index contributed by atoms with van der Waals surface area (Å²) in [5.74, 6) is 1.49. The van der Waals surface area contributed by atoms with Gasteiger partial charge in [-0.1, -0.05) is 6.92 Å². The van der Waals surface area contributed by atoms with Crippen LogP contribution in [0, 0.1) is 5.92 Å². The van der Waals surface area contributed by atoms with Crippen LogP contribution in [0.25, 0.3) is 0 Å². The Labute approximate surface area is 108 Å². The molecule has 0 radical (unpaired) electrons. The van der Waals surface area contributed by atoms with Gasteiger partial charge in [0.1, 0.15) is 5.60 Å². The molecule has 0 heterocycles. The number of ether oxygens (including phenoxy) is 1. The van der Waals surface area contributed by atoms with Crippen LogP contribution in [0.15, 0.2) is 0 Å². The van der Waals surface area contributed by atoms with Crippen LogP contribution in [0.4, 0.5) is 0 Å². The molecule has 0 fully saturated rings. The number of carbonyl (C=O) groups excluding carboxylic acids is 1. The first-order valence-corrected chi connectivity index (χ1v) is 7.14. The lowest BCUT2D eigenvalue weighted by molar-refractivity contribution is -0.161. The van der Waals surface area contributed by atoms with E-state index >= 15 is 0 Å². The molecule has 0 bridgehead atoms. The van der Waals surface area contributed by atoms with Crippen molar-refractivity contribution in [3.05, 3.63) is 0 Å². The largest absolute Gasteiger partial charge is 0.459 e. The molecule has 0 aliphatic rings. The molecule has 0 spiro atoms. The molecule has 0 aliphatic carbocycles. The number of aliphatic hydroxyl groups excluding tert-OH is 1. The van der Waals surface area contributed by atoms with Gasteiger partial charge in [0.2, 0.25) is 0 Å². The minimum Gasteiger partial charge on any atom is -0.459 e. The average Bonchev–Trinajstić information content (AvgIpc) is 2.23. The molecule has 2 N–H and O–H groups in total. The maximum absolute atomic E-state index is 11.8. The normalized spacial score (nSPS) is 13.5. The van der Waals surface area contributed by atoms with Crippen LogP contribution in [0.2, 0.25) is 0 Å². The van der Waals surface area contributed by atoms with Crippen LogP contribution in [-0.2, 0) is 9.53 Å². The molecule has 0 saturated heterocycles. The number of carbonyl (C=O) groups is 1. The van der Waals surface area contributed by atoms with Crippen molar-refractivity contribution in [1.82, 2.24) is 5.32 Å². The second-order valence-electron chi connectivity index (χ2n) is 4.73. The van der Waals surface area contributed by atoms with E-state index in [2.05, 4.69) is 5.32 Å². The monoisotopic (exact) mass is 263 g/mol. The number of thioether (sulfide) groups is 1. The summed E-state index contributed by atoms with van der Waals surface area (Å²) in [6.45, 7) is 6.50. The zero-order valence-corrected chi connectivity index (χ0v) is 12.1. The predicted octanol–water partition coefficient (Wildman–Crippen LogP) is 1.28. The SMILES string of the molecule is CNCCSCC(C)C(=O)OC(C)(C)CCO. The second kappa shape index (κ2) is 8.78. The van der Waals surface area contributed by atoms with Gasteiger partial charge in [-0.15, -0.1) is 0 Å². The Hall–Kier alpha value is -0.260. The molecule has 1 unspecified atom stereocenters. The van der Waals surface area contributed by atoms with Gasteiger partial charge in [-0.05, 0) is 20.9 Å². The number of aliphatic hydroxyl groups is 1. The lowest BCUT2D eigenvalue weighted by Crippen LogP contribution is -2.32. The molecule has 4 nitrogen and oxygen atoms in total. The van der Waals surface area contributed by atoms with Gasteiger partial charge in [0.15, 0.2) is 0 Å². The van der Waals surface area contributed by atoms with Crippen molar-refractivity contribution in [2.75, 3.05) is 31.7 Å². The molecule has 0 aliphatic heterocycles. The Morgan fingerprint density at radius 3 is 2.71 bits per heavy atom. The topological polar surface area (TPSA) is 58.6 Å². The maximum atomic E-state index is 11.8. The molecule has 1 atom stereocenters. The smallest absolute Gasteiger partial charge is 0.310 e. The molecule has 102 valence electrons. The first-order valence-electron chi connectivity index (χ1n) is 5.99. The van der Waals surface area contributed by atoms with Gasteiger partial charge in [-0.25, -0.2) is 0 Å². The summed E-state index contributed by atoms with van der Waals surface area (Å²) in [7, 11) is 1.91. The summed E-state index contributed by atoms with van der Waals surface area (Å²) in [4.78, 5) is 11.8. The molecule has 0 aromatic carbocycles. The zero-order chi connectivity index (χ0) is 13.3. The Kier molecular flexibility index (Phi) is 8.64. The van der Waals surface area contributed by atoms with E-state index in [4.69, 9.17) is 9.84 Å². The third-order valence-electron chi connectivity index (χ3n) is 2.36. The zero-order valence-electron chi connectivity index (χ0n) is 11.3. The highest BCUT2D eigenvalue weighted by Crippen LogP contribution is 2.18. The summed E-state index contributed by atoms with van der Waals surface area (Å²) < 4.78 is 5.37. The predicted molar refractivity (Wildman–Crippen MR) is 72.3 cm³/mol. The van der Waals surface area contributed by atoms with Crippen molar-refractivity contribution in [1.29, 1.82) is 0 Å². The van der Waals surface area contributed by atoms with Crippen molar-refractivity contribution in [3.8, 4) is 0 Å². The Balaban J connectivity index is 3.88. The van der Waals surface area contributed by atoms with E-state index in [-0.39, 0.29) is 18.5 Å². The molecule has 0 aromatic heterocycles. The molecule has 0 aromatic rings. The Morgan fingerprint density at radius 1 is 1.53 bits per heavy atom. The standard InChI is InChI=1S/C12H25NO3S/c1-10(9-17-8-6-13-4)11(15)16-12(2,3)5-7-14/h10,13-14H,5-9H2,1-4H3. The van der Waals surface area contributed by atoms with Crippen LogP contribution in [0.5, 0.6) is 0 Å². The summed E-state index contributed by atoms with van der Waals surface area (Å²) in [6.07, 6.45) is 0.471. The van der Waals surface area contributed by atoms with Crippen molar-refractivity contribution in [2.24, 2.45) is 5.92 Å².